The van der Waals surface area contributed by atoms with Crippen molar-refractivity contribution >= 4 is 17.5 Å². The number of ketones is 1. The molecular formula is C21H16FNO4. The van der Waals surface area contributed by atoms with Gasteiger partial charge in [0, 0.05) is 36.1 Å². The van der Waals surface area contributed by atoms with E-state index >= 15 is 0 Å². The van der Waals surface area contributed by atoms with Crippen molar-refractivity contribution < 1.29 is 24.2 Å². The summed E-state index contributed by atoms with van der Waals surface area (Å²) in [4.78, 5) is 22.2. The maximum absolute atomic E-state index is 13.1. The lowest BCUT2D eigenvalue weighted by molar-refractivity contribution is -0.146. The molecule has 0 aliphatic rings. The van der Waals surface area contributed by atoms with Crippen molar-refractivity contribution in [3.8, 4) is 11.1 Å². The van der Waals surface area contributed by atoms with Crippen molar-refractivity contribution in [2.75, 3.05) is 0 Å². The van der Waals surface area contributed by atoms with Gasteiger partial charge in [0.05, 0.1) is 0 Å². The van der Waals surface area contributed by atoms with Gasteiger partial charge in [-0.2, -0.15) is 0 Å². The third-order valence-corrected chi connectivity index (χ3v) is 4.00. The van der Waals surface area contributed by atoms with Crippen LogP contribution in [-0.4, -0.2) is 26.5 Å². The van der Waals surface area contributed by atoms with E-state index in [0.717, 1.165) is 11.1 Å². The molecule has 1 heterocycles. The van der Waals surface area contributed by atoms with Gasteiger partial charge in [0.25, 0.3) is 5.78 Å². The number of carboxylic acids is 1. The van der Waals surface area contributed by atoms with Crippen LogP contribution in [0.2, 0.25) is 0 Å². The molecule has 2 aromatic carbocycles. The normalized spacial score (nSPS) is 11.4. The van der Waals surface area contributed by atoms with Crippen molar-refractivity contribution in [2.24, 2.45) is 0 Å². The smallest absolute Gasteiger partial charge is 0.376 e. The van der Waals surface area contributed by atoms with Crippen LogP contribution < -0.4 is 0 Å². The molecule has 0 unspecified atom stereocenters. The highest BCUT2D eigenvalue weighted by Gasteiger charge is 2.16. The zero-order valence-electron chi connectivity index (χ0n) is 14.2. The van der Waals surface area contributed by atoms with E-state index in [2.05, 4.69) is 0 Å². The second kappa shape index (κ2) is 7.70. The van der Waals surface area contributed by atoms with Gasteiger partial charge in [0.1, 0.15) is 11.6 Å². The molecule has 0 aliphatic heterocycles. The molecule has 0 saturated heterocycles. The van der Waals surface area contributed by atoms with E-state index in [9.17, 15) is 19.1 Å². The van der Waals surface area contributed by atoms with Gasteiger partial charge < -0.3 is 14.8 Å². The maximum atomic E-state index is 13.1. The van der Waals surface area contributed by atoms with Gasteiger partial charge in [-0.05, 0) is 23.3 Å². The van der Waals surface area contributed by atoms with Crippen molar-refractivity contribution in [1.29, 1.82) is 0 Å². The minimum absolute atomic E-state index is 0.329. The molecule has 0 amide bonds. The number of halogens is 1. The SMILES string of the molecule is O=C(O)C(=O)C=C(O)c1cn(Cc2ccc(F)cc2)cc1-c1ccccc1. The highest BCUT2D eigenvalue weighted by molar-refractivity contribution is 6.38. The highest BCUT2D eigenvalue weighted by Crippen LogP contribution is 2.29. The third-order valence-electron chi connectivity index (χ3n) is 4.00. The number of hydrogen-bond acceptors (Lipinski definition) is 3. The molecule has 0 bridgehead atoms. The molecule has 0 saturated carbocycles. The summed E-state index contributed by atoms with van der Waals surface area (Å²) in [6.07, 6.45) is 4.09. The van der Waals surface area contributed by atoms with Gasteiger partial charge in [0.2, 0.25) is 0 Å². The van der Waals surface area contributed by atoms with Gasteiger partial charge >= 0.3 is 5.97 Å². The first-order valence-corrected chi connectivity index (χ1v) is 8.12. The van der Waals surface area contributed by atoms with Gasteiger partial charge in [-0.25, -0.2) is 9.18 Å². The van der Waals surface area contributed by atoms with E-state index in [0.29, 0.717) is 23.7 Å². The predicted octanol–water partition coefficient (Wildman–Crippen LogP) is 3.90. The minimum atomic E-state index is -1.64. The molecule has 6 heteroatoms. The van der Waals surface area contributed by atoms with E-state index in [4.69, 9.17) is 5.11 Å². The summed E-state index contributed by atoms with van der Waals surface area (Å²) in [6.45, 7) is 0.417. The van der Waals surface area contributed by atoms with Crippen molar-refractivity contribution in [2.45, 2.75) is 6.54 Å². The zero-order valence-corrected chi connectivity index (χ0v) is 14.2. The number of hydrogen-bond donors (Lipinski definition) is 2. The number of carbonyl (C=O) groups excluding carboxylic acids is 1. The Morgan fingerprint density at radius 1 is 0.963 bits per heavy atom. The quantitative estimate of drug-likeness (QED) is 0.394. The number of benzene rings is 2. The summed E-state index contributed by atoms with van der Waals surface area (Å²) in [6, 6.07) is 15.2. The summed E-state index contributed by atoms with van der Waals surface area (Å²) in [5, 5.41) is 19.1. The summed E-state index contributed by atoms with van der Waals surface area (Å²) < 4.78 is 14.9. The van der Waals surface area contributed by atoms with Crippen LogP contribution in [0.3, 0.4) is 0 Å². The van der Waals surface area contributed by atoms with Crippen LogP contribution in [0.15, 0.2) is 73.1 Å². The summed E-state index contributed by atoms with van der Waals surface area (Å²) >= 11 is 0. The lowest BCUT2D eigenvalue weighted by atomic mass is 10.0. The van der Waals surface area contributed by atoms with Crippen molar-refractivity contribution in [3.63, 3.8) is 0 Å². The Hall–Kier alpha value is -3.67. The molecule has 0 radical (unpaired) electrons. The van der Waals surface area contributed by atoms with E-state index in [1.165, 1.54) is 12.1 Å². The summed E-state index contributed by atoms with van der Waals surface area (Å²) in [7, 11) is 0. The molecule has 3 rings (SSSR count). The number of aliphatic hydroxyl groups excluding tert-OH is 1. The van der Waals surface area contributed by atoms with E-state index < -0.39 is 17.5 Å². The zero-order chi connectivity index (χ0) is 19.4. The Kier molecular flexibility index (Phi) is 5.17. The van der Waals surface area contributed by atoms with Gasteiger partial charge in [-0.3, -0.25) is 4.79 Å². The molecule has 27 heavy (non-hydrogen) atoms. The van der Waals surface area contributed by atoms with Crippen LogP contribution in [0.1, 0.15) is 11.1 Å². The molecule has 136 valence electrons. The first kappa shape index (κ1) is 18.1. The fourth-order valence-electron chi connectivity index (χ4n) is 2.72. The Labute approximate surface area is 154 Å². The number of carboxylic acid groups (broad SMARTS) is 1. The first-order chi connectivity index (χ1) is 12.9. The molecular weight excluding hydrogens is 349 g/mol. The summed E-state index contributed by atoms with van der Waals surface area (Å²) in [5.74, 6) is -3.62. The maximum Gasteiger partial charge on any atom is 0.376 e. The van der Waals surface area contributed by atoms with Crippen LogP contribution in [0.4, 0.5) is 4.39 Å². The number of carbonyl (C=O) groups is 2. The molecule has 1 aromatic heterocycles. The highest BCUT2D eigenvalue weighted by atomic mass is 19.1. The topological polar surface area (TPSA) is 79.5 Å². The average Bonchev–Trinajstić information content (AvgIpc) is 3.08. The average molecular weight is 365 g/mol. The van der Waals surface area contributed by atoms with E-state index in [1.54, 1.807) is 29.1 Å². The number of aliphatic hydroxyl groups is 1. The third kappa shape index (κ3) is 4.30. The van der Waals surface area contributed by atoms with E-state index in [-0.39, 0.29) is 5.82 Å². The number of aromatic nitrogens is 1. The summed E-state index contributed by atoms with van der Waals surface area (Å²) in [5.41, 5.74) is 2.62. The predicted molar refractivity (Wildman–Crippen MR) is 98.6 cm³/mol. The molecule has 0 aliphatic carbocycles. The van der Waals surface area contributed by atoms with E-state index in [1.807, 2.05) is 30.3 Å². The van der Waals surface area contributed by atoms with Crippen LogP contribution >= 0.6 is 0 Å². The number of aliphatic carboxylic acids is 1. The second-order valence-electron chi connectivity index (χ2n) is 5.95. The Bertz CT molecular complexity index is 1000. The molecule has 0 spiro atoms. The van der Waals surface area contributed by atoms with Crippen molar-refractivity contribution in [1.82, 2.24) is 4.57 Å². The van der Waals surface area contributed by atoms with Crippen LogP contribution in [-0.2, 0) is 16.1 Å². The van der Waals surface area contributed by atoms with Crippen LogP contribution in [0, 0.1) is 5.82 Å². The fourth-order valence-corrected chi connectivity index (χ4v) is 2.72. The number of rotatable bonds is 6. The minimum Gasteiger partial charge on any atom is -0.507 e. The van der Waals surface area contributed by atoms with Gasteiger partial charge in [-0.15, -0.1) is 0 Å². The fraction of sp³-hybridized carbons (Fsp3) is 0.0476. The molecule has 3 aromatic rings. The molecule has 5 nitrogen and oxygen atoms in total. The molecule has 0 fully saturated rings. The van der Waals surface area contributed by atoms with Gasteiger partial charge in [-0.1, -0.05) is 42.5 Å². The Balaban J connectivity index is 2.02. The Morgan fingerprint density at radius 3 is 2.26 bits per heavy atom. The molecule has 2 N–H and O–H groups in total. The van der Waals surface area contributed by atoms with Crippen LogP contribution in [0.25, 0.3) is 16.9 Å². The van der Waals surface area contributed by atoms with Gasteiger partial charge in [0.15, 0.2) is 0 Å². The standard InChI is InChI=1S/C21H16FNO4/c22-16-8-6-14(7-9-16)11-23-12-17(15-4-2-1-3-5-15)18(13-23)19(24)10-20(25)21(26)27/h1-10,12-13,24H,11H2,(H,26,27). The first-order valence-electron chi connectivity index (χ1n) is 8.12. The second-order valence-corrected chi connectivity index (χ2v) is 5.95. The van der Waals surface area contributed by atoms with Crippen molar-refractivity contribution in [3.05, 3.63) is 90.0 Å². The lowest BCUT2D eigenvalue weighted by Gasteiger charge is -2.03. The monoisotopic (exact) mass is 365 g/mol. The Morgan fingerprint density at radius 2 is 1.63 bits per heavy atom. The van der Waals surface area contributed by atoms with Crippen LogP contribution in [0.5, 0.6) is 0 Å². The largest absolute Gasteiger partial charge is 0.507 e. The lowest BCUT2D eigenvalue weighted by Crippen LogP contribution is -2.09. The molecule has 0 atom stereocenters. The number of nitrogens with zero attached hydrogens (tertiary/aromatic N) is 1.